The normalized spacial score (nSPS) is 11.9. The summed E-state index contributed by atoms with van der Waals surface area (Å²) >= 11 is 0. The van der Waals surface area contributed by atoms with Crippen molar-refractivity contribution in [3.8, 4) is 0 Å². The Hall–Kier alpha value is -2.18. The zero-order chi connectivity index (χ0) is 13.7. The Morgan fingerprint density at radius 1 is 1.67 bits per heavy atom. The Kier molecular flexibility index (Phi) is 4.59. The van der Waals surface area contributed by atoms with Gasteiger partial charge in [-0.3, -0.25) is 14.9 Å². The molecule has 7 nitrogen and oxygen atoms in total. The zero-order valence-corrected chi connectivity index (χ0v) is 10.3. The quantitative estimate of drug-likeness (QED) is 0.609. The van der Waals surface area contributed by atoms with Crippen LogP contribution in [0.25, 0.3) is 0 Å². The molecule has 1 aromatic rings. The fraction of sp³-hybridized carbons (Fsp3) is 0.455. The molecule has 1 aromatic heterocycles. The minimum absolute atomic E-state index is 0.0449. The number of nitrogens with zero attached hydrogens (tertiary/aromatic N) is 2. The first-order valence-corrected chi connectivity index (χ1v) is 5.66. The lowest BCUT2D eigenvalue weighted by Crippen LogP contribution is -2.32. The van der Waals surface area contributed by atoms with E-state index in [1.807, 2.05) is 13.8 Å². The second kappa shape index (κ2) is 5.95. The van der Waals surface area contributed by atoms with Crippen molar-refractivity contribution < 1.29 is 9.72 Å². The van der Waals surface area contributed by atoms with Crippen molar-refractivity contribution in [1.82, 2.24) is 10.3 Å². The van der Waals surface area contributed by atoms with Crippen LogP contribution >= 0.6 is 0 Å². The van der Waals surface area contributed by atoms with E-state index in [0.717, 1.165) is 19.0 Å². The molecule has 0 radical (unpaired) electrons. The number of hydrogen-bond donors (Lipinski definition) is 2. The molecule has 1 rings (SSSR count). The Balaban J connectivity index is 2.97. The number of anilines is 1. The number of nitrogens with two attached hydrogens (primary N) is 1. The second-order valence-electron chi connectivity index (χ2n) is 4.05. The summed E-state index contributed by atoms with van der Waals surface area (Å²) < 4.78 is 0. The van der Waals surface area contributed by atoms with Gasteiger partial charge >= 0.3 is 0 Å². The average molecular weight is 252 g/mol. The van der Waals surface area contributed by atoms with E-state index in [0.29, 0.717) is 0 Å². The largest absolute Gasteiger partial charge is 0.384 e. The van der Waals surface area contributed by atoms with Crippen molar-refractivity contribution in [2.45, 2.75) is 32.7 Å². The molecular formula is C11H16N4O3. The summed E-state index contributed by atoms with van der Waals surface area (Å²) in [5.41, 5.74) is 5.04. The van der Waals surface area contributed by atoms with E-state index in [1.165, 1.54) is 6.07 Å². The molecular weight excluding hydrogens is 236 g/mol. The second-order valence-corrected chi connectivity index (χ2v) is 4.05. The minimum Gasteiger partial charge on any atom is -0.384 e. The molecule has 0 bridgehead atoms. The van der Waals surface area contributed by atoms with Gasteiger partial charge in [0.25, 0.3) is 11.6 Å². The third-order valence-corrected chi connectivity index (χ3v) is 2.44. The van der Waals surface area contributed by atoms with E-state index >= 15 is 0 Å². The van der Waals surface area contributed by atoms with Crippen molar-refractivity contribution in [3.63, 3.8) is 0 Å². The van der Waals surface area contributed by atoms with Crippen molar-refractivity contribution in [2.24, 2.45) is 0 Å². The minimum atomic E-state index is -0.647. The molecule has 3 N–H and O–H groups in total. The lowest BCUT2D eigenvalue weighted by atomic mass is 10.1. The highest BCUT2D eigenvalue weighted by molar-refractivity contribution is 5.98. The maximum absolute atomic E-state index is 11.9. The molecule has 0 aliphatic heterocycles. The molecule has 1 heterocycles. The SMILES string of the molecule is CCCC(C)NC(=O)c1cc(N)ncc1[N+](=O)[O-]. The summed E-state index contributed by atoms with van der Waals surface area (Å²) in [5.74, 6) is -0.425. The van der Waals surface area contributed by atoms with Crippen molar-refractivity contribution in [3.05, 3.63) is 27.9 Å². The predicted octanol–water partition coefficient (Wildman–Crippen LogP) is 1.49. The molecule has 0 saturated heterocycles. The fourth-order valence-electron chi connectivity index (χ4n) is 1.60. The lowest BCUT2D eigenvalue weighted by molar-refractivity contribution is -0.385. The zero-order valence-electron chi connectivity index (χ0n) is 10.3. The molecule has 0 spiro atoms. The number of pyridine rings is 1. The number of aromatic nitrogens is 1. The number of rotatable bonds is 5. The average Bonchev–Trinajstić information content (AvgIpc) is 2.28. The third kappa shape index (κ3) is 3.41. The molecule has 98 valence electrons. The Morgan fingerprint density at radius 2 is 2.33 bits per heavy atom. The molecule has 0 aromatic carbocycles. The number of carbonyl (C=O) groups is 1. The first-order chi connectivity index (χ1) is 8.45. The Morgan fingerprint density at radius 3 is 2.89 bits per heavy atom. The molecule has 1 unspecified atom stereocenters. The molecule has 0 aliphatic carbocycles. The van der Waals surface area contributed by atoms with E-state index in [2.05, 4.69) is 10.3 Å². The Bertz CT molecular complexity index is 462. The predicted molar refractivity (Wildman–Crippen MR) is 67.1 cm³/mol. The van der Waals surface area contributed by atoms with E-state index < -0.39 is 10.8 Å². The van der Waals surface area contributed by atoms with Crippen LogP contribution in [0, 0.1) is 10.1 Å². The summed E-state index contributed by atoms with van der Waals surface area (Å²) in [6.07, 6.45) is 2.72. The van der Waals surface area contributed by atoms with Gasteiger partial charge in [-0.1, -0.05) is 13.3 Å². The molecule has 0 fully saturated rings. The standard InChI is InChI=1S/C11H16N4O3/c1-3-4-7(2)14-11(16)8-5-10(12)13-6-9(8)15(17)18/h5-7H,3-4H2,1-2H3,(H2,12,13)(H,14,16). The summed E-state index contributed by atoms with van der Waals surface area (Å²) in [5, 5.41) is 13.5. The number of nitrogen functional groups attached to an aromatic ring is 1. The van der Waals surface area contributed by atoms with Crippen LogP contribution in [-0.4, -0.2) is 21.9 Å². The van der Waals surface area contributed by atoms with E-state index in [9.17, 15) is 14.9 Å². The maximum Gasteiger partial charge on any atom is 0.300 e. The summed E-state index contributed by atoms with van der Waals surface area (Å²) in [4.78, 5) is 25.7. The number of amides is 1. The lowest BCUT2D eigenvalue weighted by Gasteiger charge is -2.12. The van der Waals surface area contributed by atoms with Gasteiger partial charge < -0.3 is 11.1 Å². The summed E-state index contributed by atoms with van der Waals surface area (Å²) in [7, 11) is 0. The maximum atomic E-state index is 11.9. The molecule has 18 heavy (non-hydrogen) atoms. The highest BCUT2D eigenvalue weighted by Crippen LogP contribution is 2.19. The van der Waals surface area contributed by atoms with Gasteiger partial charge in [0.1, 0.15) is 17.6 Å². The highest BCUT2D eigenvalue weighted by Gasteiger charge is 2.22. The number of carbonyl (C=O) groups excluding carboxylic acids is 1. The van der Waals surface area contributed by atoms with Crippen LogP contribution in [-0.2, 0) is 0 Å². The van der Waals surface area contributed by atoms with Gasteiger partial charge in [0, 0.05) is 6.04 Å². The van der Waals surface area contributed by atoms with Gasteiger partial charge in [-0.2, -0.15) is 0 Å². The van der Waals surface area contributed by atoms with Crippen molar-refractivity contribution >= 4 is 17.4 Å². The Labute approximate surface area is 105 Å². The van der Waals surface area contributed by atoms with Gasteiger partial charge in [-0.05, 0) is 19.4 Å². The van der Waals surface area contributed by atoms with Crippen LogP contribution in [0.4, 0.5) is 11.5 Å². The molecule has 0 saturated carbocycles. The van der Waals surface area contributed by atoms with Gasteiger partial charge in [-0.15, -0.1) is 0 Å². The first kappa shape index (κ1) is 13.9. The van der Waals surface area contributed by atoms with E-state index in [-0.39, 0.29) is 23.1 Å². The topological polar surface area (TPSA) is 111 Å². The van der Waals surface area contributed by atoms with Crippen LogP contribution in [0.1, 0.15) is 37.0 Å². The van der Waals surface area contributed by atoms with Crippen LogP contribution < -0.4 is 11.1 Å². The molecule has 1 amide bonds. The van der Waals surface area contributed by atoms with Gasteiger partial charge in [0.2, 0.25) is 0 Å². The monoisotopic (exact) mass is 252 g/mol. The summed E-state index contributed by atoms with van der Waals surface area (Å²) in [6, 6.07) is 1.17. The van der Waals surface area contributed by atoms with Gasteiger partial charge in [0.05, 0.1) is 4.92 Å². The molecule has 1 atom stereocenters. The molecule has 0 aliphatic rings. The summed E-state index contributed by atoms with van der Waals surface area (Å²) in [6.45, 7) is 3.84. The third-order valence-electron chi connectivity index (χ3n) is 2.44. The number of nitro groups is 1. The fourth-order valence-corrected chi connectivity index (χ4v) is 1.60. The van der Waals surface area contributed by atoms with Crippen LogP contribution in [0.3, 0.4) is 0 Å². The van der Waals surface area contributed by atoms with Crippen LogP contribution in [0.5, 0.6) is 0 Å². The van der Waals surface area contributed by atoms with Gasteiger partial charge in [-0.25, -0.2) is 4.98 Å². The van der Waals surface area contributed by atoms with Crippen molar-refractivity contribution in [1.29, 1.82) is 0 Å². The number of nitrogens with one attached hydrogen (secondary N) is 1. The van der Waals surface area contributed by atoms with E-state index in [4.69, 9.17) is 5.73 Å². The first-order valence-electron chi connectivity index (χ1n) is 5.66. The van der Waals surface area contributed by atoms with Crippen LogP contribution in [0.15, 0.2) is 12.3 Å². The molecule has 7 heteroatoms. The highest BCUT2D eigenvalue weighted by atomic mass is 16.6. The smallest absolute Gasteiger partial charge is 0.300 e. The van der Waals surface area contributed by atoms with E-state index in [1.54, 1.807) is 0 Å². The number of hydrogen-bond acceptors (Lipinski definition) is 5. The van der Waals surface area contributed by atoms with Crippen molar-refractivity contribution in [2.75, 3.05) is 5.73 Å². The van der Waals surface area contributed by atoms with Crippen LogP contribution in [0.2, 0.25) is 0 Å². The van der Waals surface area contributed by atoms with Gasteiger partial charge in [0.15, 0.2) is 0 Å².